The first kappa shape index (κ1) is 23.6. The van der Waals surface area contributed by atoms with Crippen molar-refractivity contribution >= 4 is 18.3 Å². The molecule has 2 rings (SSSR count). The fourth-order valence-electron chi connectivity index (χ4n) is 3.24. The van der Waals surface area contributed by atoms with Gasteiger partial charge < -0.3 is 15.4 Å². The van der Waals surface area contributed by atoms with E-state index in [2.05, 4.69) is 17.6 Å². The SMILES string of the molecule is Cc1ccc(CNC(=O)CC(C)C2CCNCC2)c(OCC(F)(F)F)c1.Cl. The number of piperidine rings is 1. The predicted molar refractivity (Wildman–Crippen MR) is 101 cm³/mol. The maximum absolute atomic E-state index is 12.4. The molecule has 27 heavy (non-hydrogen) atoms. The molecule has 1 heterocycles. The predicted octanol–water partition coefficient (Wildman–Crippen LogP) is 4.00. The highest BCUT2D eigenvalue weighted by atomic mass is 35.5. The maximum Gasteiger partial charge on any atom is 0.422 e. The highest BCUT2D eigenvalue weighted by Crippen LogP contribution is 2.25. The highest BCUT2D eigenvalue weighted by Gasteiger charge is 2.29. The molecule has 4 nitrogen and oxygen atoms in total. The molecule has 1 atom stereocenters. The van der Waals surface area contributed by atoms with Crippen molar-refractivity contribution in [3.05, 3.63) is 29.3 Å². The Hall–Kier alpha value is -1.47. The van der Waals surface area contributed by atoms with Crippen LogP contribution in [0.25, 0.3) is 0 Å². The fraction of sp³-hybridized carbons (Fsp3) is 0.632. The summed E-state index contributed by atoms with van der Waals surface area (Å²) < 4.78 is 42.1. The molecule has 1 aromatic carbocycles. The summed E-state index contributed by atoms with van der Waals surface area (Å²) in [6, 6.07) is 5.04. The van der Waals surface area contributed by atoms with Gasteiger partial charge in [-0.3, -0.25) is 4.79 Å². The average molecular weight is 409 g/mol. The summed E-state index contributed by atoms with van der Waals surface area (Å²) in [7, 11) is 0. The van der Waals surface area contributed by atoms with Gasteiger partial charge in [0.05, 0.1) is 0 Å². The number of hydrogen-bond acceptors (Lipinski definition) is 3. The molecule has 0 spiro atoms. The van der Waals surface area contributed by atoms with E-state index in [0.29, 0.717) is 17.9 Å². The molecule has 1 unspecified atom stereocenters. The number of rotatable bonds is 7. The molecule has 1 amide bonds. The molecule has 1 aromatic rings. The van der Waals surface area contributed by atoms with E-state index in [-0.39, 0.29) is 36.5 Å². The number of amides is 1. The molecule has 1 fully saturated rings. The third-order valence-electron chi connectivity index (χ3n) is 4.79. The van der Waals surface area contributed by atoms with E-state index >= 15 is 0 Å². The normalized spacial score (nSPS) is 16.3. The first-order valence-corrected chi connectivity index (χ1v) is 9.01. The molecule has 0 saturated carbocycles. The average Bonchev–Trinajstić information content (AvgIpc) is 2.59. The Balaban J connectivity index is 0.00000364. The summed E-state index contributed by atoms with van der Waals surface area (Å²) in [5.74, 6) is 0.899. The van der Waals surface area contributed by atoms with Crippen LogP contribution >= 0.6 is 12.4 Å². The van der Waals surface area contributed by atoms with E-state index in [0.717, 1.165) is 31.5 Å². The second kappa shape index (κ2) is 10.8. The van der Waals surface area contributed by atoms with Gasteiger partial charge >= 0.3 is 6.18 Å². The van der Waals surface area contributed by atoms with Crippen LogP contribution in [-0.4, -0.2) is 31.8 Å². The summed E-state index contributed by atoms with van der Waals surface area (Å²) in [5.41, 5.74) is 1.35. The minimum atomic E-state index is -4.39. The Bertz CT molecular complexity index is 605. The summed E-state index contributed by atoms with van der Waals surface area (Å²) in [4.78, 5) is 12.2. The zero-order valence-corrected chi connectivity index (χ0v) is 16.5. The van der Waals surface area contributed by atoms with Gasteiger partial charge in [-0.2, -0.15) is 13.2 Å². The summed E-state index contributed by atoms with van der Waals surface area (Å²) >= 11 is 0. The van der Waals surface area contributed by atoms with Crippen LogP contribution in [0.5, 0.6) is 5.75 Å². The van der Waals surface area contributed by atoms with Crippen molar-refractivity contribution < 1.29 is 22.7 Å². The quantitative estimate of drug-likeness (QED) is 0.717. The van der Waals surface area contributed by atoms with Gasteiger partial charge in [-0.25, -0.2) is 0 Å². The number of benzene rings is 1. The van der Waals surface area contributed by atoms with Gasteiger partial charge in [-0.05, 0) is 56.3 Å². The third-order valence-corrected chi connectivity index (χ3v) is 4.79. The van der Waals surface area contributed by atoms with Crippen LogP contribution < -0.4 is 15.4 Å². The highest BCUT2D eigenvalue weighted by molar-refractivity contribution is 5.85. The van der Waals surface area contributed by atoms with Crippen LogP contribution in [0.4, 0.5) is 13.2 Å². The molecule has 0 aromatic heterocycles. The van der Waals surface area contributed by atoms with Gasteiger partial charge in [-0.15, -0.1) is 12.4 Å². The van der Waals surface area contributed by atoms with Gasteiger partial charge in [0, 0.05) is 18.5 Å². The Labute approximate surface area is 164 Å². The van der Waals surface area contributed by atoms with Crippen LogP contribution in [0.15, 0.2) is 18.2 Å². The Morgan fingerprint density at radius 2 is 2.00 bits per heavy atom. The molecule has 2 N–H and O–H groups in total. The zero-order valence-electron chi connectivity index (χ0n) is 15.7. The van der Waals surface area contributed by atoms with E-state index in [4.69, 9.17) is 4.74 Å². The molecular formula is C19H28ClF3N2O2. The van der Waals surface area contributed by atoms with Gasteiger partial charge in [0.15, 0.2) is 6.61 Å². The lowest BCUT2D eigenvalue weighted by Gasteiger charge is -2.27. The Kier molecular flexibility index (Phi) is 9.39. The van der Waals surface area contributed by atoms with E-state index in [9.17, 15) is 18.0 Å². The van der Waals surface area contributed by atoms with Crippen molar-refractivity contribution in [1.29, 1.82) is 0 Å². The molecular weight excluding hydrogens is 381 g/mol. The largest absolute Gasteiger partial charge is 0.484 e. The van der Waals surface area contributed by atoms with Gasteiger partial charge in [0.2, 0.25) is 5.91 Å². The minimum Gasteiger partial charge on any atom is -0.484 e. The van der Waals surface area contributed by atoms with E-state index < -0.39 is 12.8 Å². The number of halogens is 4. The molecule has 1 saturated heterocycles. The van der Waals surface area contributed by atoms with Crippen molar-refractivity contribution in [3.8, 4) is 5.75 Å². The van der Waals surface area contributed by atoms with Crippen LogP contribution in [0.2, 0.25) is 0 Å². The van der Waals surface area contributed by atoms with E-state index in [1.165, 1.54) is 0 Å². The van der Waals surface area contributed by atoms with Gasteiger partial charge in [0.25, 0.3) is 0 Å². The second-order valence-corrected chi connectivity index (χ2v) is 7.06. The lowest BCUT2D eigenvalue weighted by Crippen LogP contribution is -2.33. The number of hydrogen-bond donors (Lipinski definition) is 2. The van der Waals surface area contributed by atoms with Crippen molar-refractivity contribution in [1.82, 2.24) is 10.6 Å². The molecule has 1 aliphatic heterocycles. The lowest BCUT2D eigenvalue weighted by atomic mass is 9.84. The Morgan fingerprint density at radius 1 is 1.33 bits per heavy atom. The monoisotopic (exact) mass is 408 g/mol. The smallest absolute Gasteiger partial charge is 0.422 e. The third kappa shape index (κ3) is 8.39. The lowest BCUT2D eigenvalue weighted by molar-refractivity contribution is -0.153. The zero-order chi connectivity index (χ0) is 19.2. The number of carbonyl (C=O) groups excluding carboxylic acids is 1. The molecule has 0 aliphatic carbocycles. The maximum atomic E-state index is 12.4. The number of carbonyl (C=O) groups is 1. The first-order valence-electron chi connectivity index (χ1n) is 9.01. The van der Waals surface area contributed by atoms with Crippen molar-refractivity contribution in [2.45, 2.75) is 45.8 Å². The van der Waals surface area contributed by atoms with Crippen LogP contribution in [0.1, 0.15) is 37.3 Å². The van der Waals surface area contributed by atoms with Crippen LogP contribution in [0.3, 0.4) is 0 Å². The summed E-state index contributed by atoms with van der Waals surface area (Å²) in [6.07, 6.45) is -1.83. The molecule has 1 aliphatic rings. The molecule has 154 valence electrons. The van der Waals surface area contributed by atoms with Gasteiger partial charge in [-0.1, -0.05) is 19.1 Å². The van der Waals surface area contributed by atoms with E-state index in [1.807, 2.05) is 0 Å². The van der Waals surface area contributed by atoms with E-state index in [1.54, 1.807) is 25.1 Å². The first-order chi connectivity index (χ1) is 12.2. The van der Waals surface area contributed by atoms with Crippen LogP contribution in [0, 0.1) is 18.8 Å². The summed E-state index contributed by atoms with van der Waals surface area (Å²) in [5, 5.41) is 6.12. The topological polar surface area (TPSA) is 50.4 Å². The summed E-state index contributed by atoms with van der Waals surface area (Å²) in [6.45, 7) is 4.65. The minimum absolute atomic E-state index is 0. The Morgan fingerprint density at radius 3 is 2.63 bits per heavy atom. The standard InChI is InChI=1S/C19H27F3N2O2.ClH/c1-13-3-4-16(17(9-13)26-12-19(20,21)22)11-24-18(25)10-14(2)15-5-7-23-8-6-15;/h3-4,9,14-15,23H,5-8,10-12H2,1-2H3,(H,24,25);1H. The van der Waals surface area contributed by atoms with Crippen molar-refractivity contribution in [3.63, 3.8) is 0 Å². The number of ether oxygens (including phenoxy) is 1. The fourth-order valence-corrected chi connectivity index (χ4v) is 3.24. The number of nitrogens with one attached hydrogen (secondary N) is 2. The van der Waals surface area contributed by atoms with Crippen molar-refractivity contribution in [2.24, 2.45) is 11.8 Å². The second-order valence-electron chi connectivity index (χ2n) is 7.06. The molecule has 8 heteroatoms. The molecule has 0 bridgehead atoms. The van der Waals surface area contributed by atoms with Crippen molar-refractivity contribution in [2.75, 3.05) is 19.7 Å². The van der Waals surface area contributed by atoms with Crippen LogP contribution in [-0.2, 0) is 11.3 Å². The number of alkyl halides is 3. The number of aryl methyl sites for hydroxylation is 1. The molecule has 0 radical (unpaired) electrons. The van der Waals surface area contributed by atoms with Gasteiger partial charge in [0.1, 0.15) is 5.75 Å².